The summed E-state index contributed by atoms with van der Waals surface area (Å²) in [6.45, 7) is 0. The van der Waals surface area contributed by atoms with Crippen molar-refractivity contribution in [2.24, 2.45) is 4.99 Å². The van der Waals surface area contributed by atoms with Crippen LogP contribution < -0.4 is 10.6 Å². The fourth-order valence-corrected chi connectivity index (χ4v) is 0.811. The number of carbonyl (C=O) groups excluding carboxylic acids is 2. The summed E-state index contributed by atoms with van der Waals surface area (Å²) in [5, 5.41) is 4.65. The number of nitrogens with zero attached hydrogens (tertiary/aromatic N) is 1. The SMILES string of the molecule is O=C1NC(=NC2CC2)NC1=O. The van der Waals surface area contributed by atoms with Gasteiger partial charge in [0.15, 0.2) is 0 Å². The summed E-state index contributed by atoms with van der Waals surface area (Å²) in [6, 6.07) is 0.309. The van der Waals surface area contributed by atoms with Crippen LogP contribution >= 0.6 is 0 Å². The number of carbonyl (C=O) groups is 2. The molecule has 1 aliphatic carbocycles. The minimum Gasteiger partial charge on any atom is -0.288 e. The monoisotopic (exact) mass is 153 g/mol. The van der Waals surface area contributed by atoms with Crippen molar-refractivity contribution in [1.82, 2.24) is 10.6 Å². The van der Waals surface area contributed by atoms with E-state index < -0.39 is 11.8 Å². The number of guanidine groups is 1. The zero-order valence-electron chi connectivity index (χ0n) is 5.76. The second kappa shape index (κ2) is 2.05. The lowest BCUT2D eigenvalue weighted by atomic mass is 10.6. The molecule has 2 N–H and O–H groups in total. The first-order valence-electron chi connectivity index (χ1n) is 3.46. The molecular formula is C6H7N3O2. The molecule has 0 atom stereocenters. The smallest absolute Gasteiger partial charge is 0.288 e. The molecule has 5 heteroatoms. The number of hydrogen-bond donors (Lipinski definition) is 2. The van der Waals surface area contributed by atoms with Gasteiger partial charge >= 0.3 is 11.8 Å². The Bertz CT molecular complexity index is 237. The maximum atomic E-state index is 10.6. The molecule has 0 spiro atoms. The Morgan fingerprint density at radius 2 is 1.73 bits per heavy atom. The Hall–Kier alpha value is -1.39. The molecule has 0 bridgehead atoms. The Kier molecular flexibility index (Phi) is 1.18. The molecule has 2 amide bonds. The highest BCUT2D eigenvalue weighted by Gasteiger charge is 2.28. The minimum atomic E-state index is -0.621. The van der Waals surface area contributed by atoms with Crippen molar-refractivity contribution in [3.8, 4) is 0 Å². The fourth-order valence-electron chi connectivity index (χ4n) is 0.811. The molecule has 2 rings (SSSR count). The second-order valence-corrected chi connectivity index (χ2v) is 2.62. The highest BCUT2D eigenvalue weighted by Crippen LogP contribution is 2.23. The second-order valence-electron chi connectivity index (χ2n) is 2.62. The molecule has 0 unspecified atom stereocenters. The number of aliphatic imine (C=N–C) groups is 1. The molecule has 0 aromatic heterocycles. The van der Waals surface area contributed by atoms with Gasteiger partial charge in [0.1, 0.15) is 0 Å². The van der Waals surface area contributed by atoms with Crippen molar-refractivity contribution in [3.63, 3.8) is 0 Å². The highest BCUT2D eigenvalue weighted by molar-refractivity contribution is 6.45. The van der Waals surface area contributed by atoms with Crippen LogP contribution in [-0.4, -0.2) is 23.8 Å². The van der Waals surface area contributed by atoms with Crippen LogP contribution in [0.15, 0.2) is 4.99 Å². The number of hydrogen-bond acceptors (Lipinski definition) is 3. The topological polar surface area (TPSA) is 70.6 Å². The lowest BCUT2D eigenvalue weighted by Crippen LogP contribution is -2.25. The maximum absolute atomic E-state index is 10.6. The molecule has 1 saturated carbocycles. The van der Waals surface area contributed by atoms with Crippen molar-refractivity contribution >= 4 is 17.8 Å². The molecule has 1 heterocycles. The summed E-state index contributed by atoms with van der Waals surface area (Å²) in [5.41, 5.74) is 0. The summed E-state index contributed by atoms with van der Waals surface area (Å²) in [7, 11) is 0. The minimum absolute atomic E-state index is 0.308. The van der Waals surface area contributed by atoms with E-state index in [1.54, 1.807) is 0 Å². The standard InChI is InChI=1S/C6H7N3O2/c10-4-5(11)9-6(8-4)7-3-1-2-3/h3H,1-2H2,(H2,7,8,9,10,11). The van der Waals surface area contributed by atoms with Crippen LogP contribution in [0.3, 0.4) is 0 Å². The first-order valence-corrected chi connectivity index (χ1v) is 3.46. The van der Waals surface area contributed by atoms with Gasteiger partial charge in [-0.2, -0.15) is 0 Å². The lowest BCUT2D eigenvalue weighted by Gasteiger charge is -1.91. The first-order chi connectivity index (χ1) is 5.25. The van der Waals surface area contributed by atoms with Gasteiger partial charge in [-0.1, -0.05) is 0 Å². The number of nitrogens with one attached hydrogen (secondary N) is 2. The van der Waals surface area contributed by atoms with Gasteiger partial charge in [-0.3, -0.25) is 20.2 Å². The summed E-state index contributed by atoms with van der Waals surface area (Å²) in [6.07, 6.45) is 2.10. The predicted molar refractivity (Wildman–Crippen MR) is 36.7 cm³/mol. The molecule has 2 fully saturated rings. The normalized spacial score (nSPS) is 23.1. The predicted octanol–water partition coefficient (Wildman–Crippen LogP) is -1.25. The molecule has 58 valence electrons. The molecule has 1 aliphatic heterocycles. The van der Waals surface area contributed by atoms with Gasteiger partial charge in [-0.05, 0) is 12.8 Å². The average molecular weight is 153 g/mol. The van der Waals surface area contributed by atoms with Crippen molar-refractivity contribution in [2.45, 2.75) is 18.9 Å². The van der Waals surface area contributed by atoms with E-state index >= 15 is 0 Å². The molecule has 11 heavy (non-hydrogen) atoms. The van der Waals surface area contributed by atoms with Gasteiger partial charge in [-0.25, -0.2) is 4.99 Å². The summed E-state index contributed by atoms with van der Waals surface area (Å²) < 4.78 is 0. The van der Waals surface area contributed by atoms with E-state index in [2.05, 4.69) is 15.6 Å². The number of amides is 2. The quantitative estimate of drug-likeness (QED) is 0.462. The van der Waals surface area contributed by atoms with Crippen molar-refractivity contribution < 1.29 is 9.59 Å². The third-order valence-electron chi connectivity index (χ3n) is 1.53. The van der Waals surface area contributed by atoms with E-state index in [1.165, 1.54) is 0 Å². The zero-order valence-corrected chi connectivity index (χ0v) is 5.76. The summed E-state index contributed by atoms with van der Waals surface area (Å²) in [4.78, 5) is 25.2. The van der Waals surface area contributed by atoms with Crippen LogP contribution in [0.2, 0.25) is 0 Å². The van der Waals surface area contributed by atoms with Gasteiger partial charge in [0.05, 0.1) is 6.04 Å². The molecule has 0 aromatic rings. The van der Waals surface area contributed by atoms with Crippen LogP contribution in [0, 0.1) is 0 Å². The summed E-state index contributed by atoms with van der Waals surface area (Å²) >= 11 is 0. The fraction of sp³-hybridized carbons (Fsp3) is 0.500. The van der Waals surface area contributed by atoms with Gasteiger partial charge in [0, 0.05) is 0 Å². The largest absolute Gasteiger partial charge is 0.316 e. The van der Waals surface area contributed by atoms with Crippen molar-refractivity contribution in [1.29, 1.82) is 0 Å². The highest BCUT2D eigenvalue weighted by atomic mass is 16.2. The lowest BCUT2D eigenvalue weighted by molar-refractivity contribution is -0.135. The summed E-state index contributed by atoms with van der Waals surface area (Å²) in [5.74, 6) is -0.934. The van der Waals surface area contributed by atoms with Crippen LogP contribution in [0.5, 0.6) is 0 Å². The van der Waals surface area contributed by atoms with Crippen LogP contribution in [0.25, 0.3) is 0 Å². The van der Waals surface area contributed by atoms with E-state index in [0.717, 1.165) is 12.8 Å². The molecule has 1 saturated heterocycles. The van der Waals surface area contributed by atoms with Gasteiger partial charge < -0.3 is 0 Å². The van der Waals surface area contributed by atoms with Crippen molar-refractivity contribution in [3.05, 3.63) is 0 Å². The van der Waals surface area contributed by atoms with E-state index in [9.17, 15) is 9.59 Å². The maximum Gasteiger partial charge on any atom is 0.316 e. The van der Waals surface area contributed by atoms with Crippen molar-refractivity contribution in [2.75, 3.05) is 0 Å². The van der Waals surface area contributed by atoms with E-state index in [4.69, 9.17) is 0 Å². The average Bonchev–Trinajstić information content (AvgIpc) is 2.65. The van der Waals surface area contributed by atoms with E-state index in [1.807, 2.05) is 0 Å². The van der Waals surface area contributed by atoms with Gasteiger partial charge in [-0.15, -0.1) is 0 Å². The van der Waals surface area contributed by atoms with Gasteiger partial charge in [0.25, 0.3) is 0 Å². The molecule has 0 radical (unpaired) electrons. The Labute approximate surface area is 62.9 Å². The Morgan fingerprint density at radius 1 is 1.18 bits per heavy atom. The van der Waals surface area contributed by atoms with E-state index in [-0.39, 0.29) is 0 Å². The van der Waals surface area contributed by atoms with Crippen LogP contribution in [-0.2, 0) is 9.59 Å². The third-order valence-corrected chi connectivity index (χ3v) is 1.53. The van der Waals surface area contributed by atoms with Crippen LogP contribution in [0.4, 0.5) is 0 Å². The van der Waals surface area contributed by atoms with E-state index in [0.29, 0.717) is 12.0 Å². The molecule has 5 nitrogen and oxygen atoms in total. The Balaban J connectivity index is 2.07. The molecule has 2 aliphatic rings. The van der Waals surface area contributed by atoms with Crippen LogP contribution in [0.1, 0.15) is 12.8 Å². The zero-order chi connectivity index (χ0) is 7.84. The molecule has 0 aromatic carbocycles. The number of rotatable bonds is 1. The molecular weight excluding hydrogens is 146 g/mol. The van der Waals surface area contributed by atoms with Gasteiger partial charge in [0.2, 0.25) is 5.96 Å². The first kappa shape index (κ1) is 6.33. The third kappa shape index (κ3) is 1.21. The Morgan fingerprint density at radius 3 is 2.18 bits per heavy atom.